The van der Waals surface area contributed by atoms with Gasteiger partial charge in [-0.25, -0.2) is 4.79 Å². The highest BCUT2D eigenvalue weighted by molar-refractivity contribution is 5.91. The highest BCUT2D eigenvalue weighted by Gasteiger charge is 2.20. The third kappa shape index (κ3) is 10.4. The Morgan fingerprint density at radius 3 is 1.92 bits per heavy atom. The second-order valence-electron chi connectivity index (χ2n) is 10.7. The van der Waals surface area contributed by atoms with Crippen molar-refractivity contribution in [1.29, 1.82) is 0 Å². The fourth-order valence-electron chi connectivity index (χ4n) is 5.39. The van der Waals surface area contributed by atoms with Gasteiger partial charge in [0.2, 0.25) is 0 Å². The highest BCUT2D eigenvalue weighted by atomic mass is 16.5. The minimum atomic E-state index is -0.331. The molecule has 2 aromatic rings. The zero-order chi connectivity index (χ0) is 25.4. The Kier molecular flexibility index (Phi) is 12.9. The Balaban J connectivity index is 1.31. The summed E-state index contributed by atoms with van der Waals surface area (Å²) in [4.78, 5) is 12.5. The molecule has 0 amide bonds. The van der Waals surface area contributed by atoms with Crippen LogP contribution in [0.5, 0.6) is 11.5 Å². The molecule has 3 rings (SSSR count). The van der Waals surface area contributed by atoms with Crippen molar-refractivity contribution in [3.8, 4) is 11.5 Å². The lowest BCUT2D eigenvalue weighted by atomic mass is 9.78. The monoisotopic (exact) mass is 492 g/mol. The van der Waals surface area contributed by atoms with Crippen molar-refractivity contribution < 1.29 is 14.3 Å². The molecular formula is C33H48O3. The van der Waals surface area contributed by atoms with Gasteiger partial charge in [-0.2, -0.15) is 0 Å². The maximum atomic E-state index is 12.5. The topological polar surface area (TPSA) is 35.5 Å². The molecule has 3 nitrogen and oxygen atoms in total. The van der Waals surface area contributed by atoms with Crippen molar-refractivity contribution >= 4 is 5.97 Å². The fraction of sp³-hybridized carbons (Fsp3) is 0.606. The molecule has 0 unspecified atom stereocenters. The summed E-state index contributed by atoms with van der Waals surface area (Å²) < 4.78 is 11.5. The number of esters is 1. The molecule has 0 aliphatic heterocycles. The maximum Gasteiger partial charge on any atom is 0.343 e. The molecule has 2 aromatic carbocycles. The Hall–Kier alpha value is -2.29. The third-order valence-electron chi connectivity index (χ3n) is 7.75. The molecule has 0 spiro atoms. The van der Waals surface area contributed by atoms with Gasteiger partial charge in [-0.3, -0.25) is 0 Å². The molecule has 0 aromatic heterocycles. The number of carbonyl (C=O) groups excluding carboxylic acids is 1. The molecule has 0 saturated heterocycles. The molecule has 0 bridgehead atoms. The van der Waals surface area contributed by atoms with Crippen molar-refractivity contribution in [3.63, 3.8) is 0 Å². The van der Waals surface area contributed by atoms with E-state index in [4.69, 9.17) is 9.47 Å². The molecule has 1 aliphatic rings. The van der Waals surface area contributed by atoms with E-state index in [1.165, 1.54) is 89.0 Å². The number of rotatable bonds is 16. The quantitative estimate of drug-likeness (QED) is 0.133. The van der Waals surface area contributed by atoms with Crippen molar-refractivity contribution in [2.75, 3.05) is 6.61 Å². The molecule has 3 heteroatoms. The van der Waals surface area contributed by atoms with E-state index in [9.17, 15) is 4.79 Å². The largest absolute Gasteiger partial charge is 0.494 e. The van der Waals surface area contributed by atoms with Crippen LogP contribution >= 0.6 is 0 Å². The zero-order valence-corrected chi connectivity index (χ0v) is 22.8. The molecule has 0 radical (unpaired) electrons. The van der Waals surface area contributed by atoms with Gasteiger partial charge in [-0.1, -0.05) is 96.6 Å². The highest BCUT2D eigenvalue weighted by Crippen LogP contribution is 2.34. The first-order chi connectivity index (χ1) is 17.7. The van der Waals surface area contributed by atoms with E-state index in [0.29, 0.717) is 11.3 Å². The van der Waals surface area contributed by atoms with Crippen LogP contribution in [0, 0.1) is 11.8 Å². The zero-order valence-electron chi connectivity index (χ0n) is 22.8. The predicted molar refractivity (Wildman–Crippen MR) is 150 cm³/mol. The van der Waals surface area contributed by atoms with E-state index in [-0.39, 0.29) is 5.97 Å². The van der Waals surface area contributed by atoms with E-state index in [0.717, 1.165) is 37.0 Å². The molecule has 0 N–H and O–H groups in total. The normalized spacial score (nSPS) is 17.6. The fourth-order valence-corrected chi connectivity index (χ4v) is 5.39. The number of hydrogen-bond acceptors (Lipinski definition) is 3. The summed E-state index contributed by atoms with van der Waals surface area (Å²) in [7, 11) is 0. The van der Waals surface area contributed by atoms with Crippen LogP contribution in [0.15, 0.2) is 48.5 Å². The summed E-state index contributed by atoms with van der Waals surface area (Å²) in [5, 5.41) is 0. The number of benzene rings is 2. The van der Waals surface area contributed by atoms with E-state index in [2.05, 4.69) is 26.0 Å². The lowest BCUT2D eigenvalue weighted by molar-refractivity contribution is 0.0734. The number of carbonyl (C=O) groups is 1. The summed E-state index contributed by atoms with van der Waals surface area (Å²) in [6, 6.07) is 15.2. The van der Waals surface area contributed by atoms with Crippen LogP contribution < -0.4 is 9.47 Å². The summed E-state index contributed by atoms with van der Waals surface area (Å²) in [5.74, 6) is 2.94. The first kappa shape index (κ1) is 28.3. The van der Waals surface area contributed by atoms with Crippen LogP contribution in [0.25, 0.3) is 0 Å². The lowest BCUT2D eigenvalue weighted by Crippen LogP contribution is -2.15. The van der Waals surface area contributed by atoms with Crippen molar-refractivity contribution in [3.05, 3.63) is 59.7 Å². The van der Waals surface area contributed by atoms with Gasteiger partial charge in [0, 0.05) is 0 Å². The molecule has 1 saturated carbocycles. The van der Waals surface area contributed by atoms with Crippen LogP contribution in [0.2, 0.25) is 0 Å². The molecule has 0 heterocycles. The average molecular weight is 493 g/mol. The number of aryl methyl sites for hydroxylation is 1. The second-order valence-corrected chi connectivity index (χ2v) is 10.7. The van der Waals surface area contributed by atoms with Crippen LogP contribution in [-0.2, 0) is 6.42 Å². The first-order valence-electron chi connectivity index (χ1n) is 14.7. The minimum Gasteiger partial charge on any atom is -0.494 e. The Morgan fingerprint density at radius 1 is 0.694 bits per heavy atom. The minimum absolute atomic E-state index is 0.331. The number of ether oxygens (including phenoxy) is 2. The van der Waals surface area contributed by atoms with Crippen LogP contribution in [0.1, 0.15) is 120 Å². The van der Waals surface area contributed by atoms with Gasteiger partial charge in [0.1, 0.15) is 11.5 Å². The Bertz CT molecular complexity index is 848. The van der Waals surface area contributed by atoms with E-state index < -0.39 is 0 Å². The first-order valence-corrected chi connectivity index (χ1v) is 14.7. The van der Waals surface area contributed by atoms with Gasteiger partial charge >= 0.3 is 5.97 Å². The summed E-state index contributed by atoms with van der Waals surface area (Å²) in [6.45, 7) is 5.26. The van der Waals surface area contributed by atoms with Crippen molar-refractivity contribution in [1.82, 2.24) is 0 Å². The lowest BCUT2D eigenvalue weighted by Gasteiger charge is -2.28. The predicted octanol–water partition coefficient (Wildman–Crippen LogP) is 9.57. The van der Waals surface area contributed by atoms with Crippen molar-refractivity contribution in [2.45, 2.75) is 110 Å². The standard InChI is InChI=1S/C33H48O3/c1-3-5-7-9-12-28-18-22-32(23-19-28)36-33(34)30-20-24-31(25-21-30)35-26-10-13-29-16-14-27(15-17-29)11-8-6-4-2/h18-25,27,29H,3-17,26H2,1-2H3. The maximum absolute atomic E-state index is 12.5. The average Bonchev–Trinajstić information content (AvgIpc) is 2.91. The van der Waals surface area contributed by atoms with E-state index >= 15 is 0 Å². The molecule has 198 valence electrons. The van der Waals surface area contributed by atoms with Gasteiger partial charge in [0.25, 0.3) is 0 Å². The Morgan fingerprint density at radius 2 is 1.28 bits per heavy atom. The smallest absolute Gasteiger partial charge is 0.343 e. The van der Waals surface area contributed by atoms with Gasteiger partial charge in [-0.15, -0.1) is 0 Å². The van der Waals surface area contributed by atoms with Crippen LogP contribution in [-0.4, -0.2) is 12.6 Å². The SMILES string of the molecule is CCCCCCc1ccc(OC(=O)c2ccc(OCCCC3CCC(CCCCC)CC3)cc2)cc1. The molecule has 1 aliphatic carbocycles. The third-order valence-corrected chi connectivity index (χ3v) is 7.75. The van der Waals surface area contributed by atoms with Crippen LogP contribution in [0.3, 0.4) is 0 Å². The van der Waals surface area contributed by atoms with Gasteiger partial charge < -0.3 is 9.47 Å². The summed E-state index contributed by atoms with van der Waals surface area (Å²) in [5.41, 5.74) is 1.84. The molecule has 1 fully saturated rings. The summed E-state index contributed by atoms with van der Waals surface area (Å²) >= 11 is 0. The second kappa shape index (κ2) is 16.5. The van der Waals surface area contributed by atoms with E-state index in [1.807, 2.05) is 24.3 Å². The van der Waals surface area contributed by atoms with Gasteiger partial charge in [-0.05, 0) is 79.5 Å². The van der Waals surface area contributed by atoms with Crippen molar-refractivity contribution in [2.24, 2.45) is 11.8 Å². The summed E-state index contributed by atoms with van der Waals surface area (Å²) in [6.07, 6.45) is 19.7. The molecular weight excluding hydrogens is 444 g/mol. The molecule has 36 heavy (non-hydrogen) atoms. The molecule has 0 atom stereocenters. The van der Waals surface area contributed by atoms with E-state index in [1.54, 1.807) is 12.1 Å². The van der Waals surface area contributed by atoms with Crippen LogP contribution in [0.4, 0.5) is 0 Å². The van der Waals surface area contributed by atoms with Gasteiger partial charge in [0.05, 0.1) is 12.2 Å². The van der Waals surface area contributed by atoms with Gasteiger partial charge in [0.15, 0.2) is 0 Å². The Labute approximate surface area is 220 Å². The number of hydrogen-bond donors (Lipinski definition) is 0. The number of unbranched alkanes of at least 4 members (excludes halogenated alkanes) is 5.